The van der Waals surface area contributed by atoms with Gasteiger partial charge in [-0.05, 0) is 37.1 Å². The number of urea groups is 1. The van der Waals surface area contributed by atoms with Crippen LogP contribution in [0.4, 0.5) is 10.5 Å². The van der Waals surface area contributed by atoms with E-state index < -0.39 is 0 Å². The van der Waals surface area contributed by atoms with Gasteiger partial charge in [0, 0.05) is 18.8 Å². The lowest BCUT2D eigenvalue weighted by Crippen LogP contribution is -2.35. The largest absolute Gasteiger partial charge is 0.497 e. The third-order valence-corrected chi connectivity index (χ3v) is 3.77. The average Bonchev–Trinajstić information content (AvgIpc) is 3.15. The van der Waals surface area contributed by atoms with Crippen LogP contribution in [0.25, 0.3) is 0 Å². The highest BCUT2D eigenvalue weighted by molar-refractivity contribution is 5.92. The molecule has 27 heavy (non-hydrogen) atoms. The second-order valence-corrected chi connectivity index (χ2v) is 5.96. The zero-order valence-electron chi connectivity index (χ0n) is 15.9. The number of anilines is 1. The molecule has 0 radical (unpaired) electrons. The minimum absolute atomic E-state index is 0.177. The monoisotopic (exact) mass is 374 g/mol. The van der Waals surface area contributed by atoms with Crippen molar-refractivity contribution >= 4 is 17.6 Å². The van der Waals surface area contributed by atoms with Gasteiger partial charge in [-0.1, -0.05) is 13.8 Å². The number of nitrogens with zero attached hydrogens (tertiary/aromatic N) is 2. The Bertz CT molecular complexity index is 742. The van der Waals surface area contributed by atoms with Crippen molar-refractivity contribution in [1.29, 1.82) is 0 Å². The van der Waals surface area contributed by atoms with Gasteiger partial charge in [-0.25, -0.2) is 9.78 Å². The van der Waals surface area contributed by atoms with Crippen molar-refractivity contribution in [3.8, 4) is 5.75 Å². The molecule has 0 fully saturated rings. The van der Waals surface area contributed by atoms with Crippen LogP contribution in [0.2, 0.25) is 0 Å². The lowest BCUT2D eigenvalue weighted by Gasteiger charge is -2.21. The second kappa shape index (κ2) is 10.2. The maximum atomic E-state index is 12.6. The Morgan fingerprint density at radius 2 is 1.93 bits per heavy atom. The van der Waals surface area contributed by atoms with E-state index in [0.29, 0.717) is 30.4 Å². The number of hydrogen-bond acceptors (Lipinski definition) is 5. The quantitative estimate of drug-likeness (QED) is 0.702. The molecule has 0 saturated heterocycles. The summed E-state index contributed by atoms with van der Waals surface area (Å²) in [4.78, 5) is 30.3. The van der Waals surface area contributed by atoms with Gasteiger partial charge in [0.05, 0.1) is 13.7 Å². The molecule has 0 aliphatic heterocycles. The van der Waals surface area contributed by atoms with Gasteiger partial charge >= 0.3 is 6.03 Å². The number of carbonyl (C=O) groups excluding carboxylic acids is 2. The fourth-order valence-electron chi connectivity index (χ4n) is 2.38. The van der Waals surface area contributed by atoms with E-state index in [9.17, 15) is 9.59 Å². The molecule has 1 aromatic heterocycles. The lowest BCUT2D eigenvalue weighted by molar-refractivity contribution is 0.0948. The topological polar surface area (TPSA) is 96.7 Å². The van der Waals surface area contributed by atoms with Gasteiger partial charge in [-0.2, -0.15) is 0 Å². The smallest absolute Gasteiger partial charge is 0.322 e. The number of oxazole rings is 1. The van der Waals surface area contributed by atoms with Crippen LogP contribution in [0.5, 0.6) is 5.75 Å². The van der Waals surface area contributed by atoms with Gasteiger partial charge in [0.1, 0.15) is 12.0 Å². The molecule has 2 rings (SSSR count). The molecular weight excluding hydrogens is 348 g/mol. The van der Waals surface area contributed by atoms with Crippen LogP contribution in [0.15, 0.2) is 34.9 Å². The van der Waals surface area contributed by atoms with Crippen molar-refractivity contribution in [3.05, 3.63) is 42.1 Å². The predicted molar refractivity (Wildman–Crippen MR) is 102 cm³/mol. The summed E-state index contributed by atoms with van der Waals surface area (Å²) in [6.45, 7) is 5.23. The number of aromatic nitrogens is 1. The van der Waals surface area contributed by atoms with Crippen molar-refractivity contribution in [2.24, 2.45) is 0 Å². The van der Waals surface area contributed by atoms with E-state index in [1.165, 1.54) is 6.26 Å². The van der Waals surface area contributed by atoms with Gasteiger partial charge in [0.15, 0.2) is 5.69 Å². The fraction of sp³-hybridized carbons (Fsp3) is 0.421. The SMILES string of the molecule is CCCNC(=O)c1coc(CN(CCC)C(=O)Nc2ccc(OC)cc2)n1. The Labute approximate surface area is 158 Å². The van der Waals surface area contributed by atoms with E-state index in [-0.39, 0.29) is 24.2 Å². The molecule has 0 bridgehead atoms. The van der Waals surface area contributed by atoms with Crippen molar-refractivity contribution in [2.75, 3.05) is 25.5 Å². The van der Waals surface area contributed by atoms with Gasteiger partial charge in [-0.3, -0.25) is 4.79 Å². The molecular formula is C19H26N4O4. The van der Waals surface area contributed by atoms with E-state index in [1.54, 1.807) is 36.3 Å². The zero-order valence-corrected chi connectivity index (χ0v) is 15.9. The third kappa shape index (κ3) is 6.02. The number of nitrogens with one attached hydrogen (secondary N) is 2. The number of hydrogen-bond donors (Lipinski definition) is 2. The van der Waals surface area contributed by atoms with Gasteiger partial charge in [-0.15, -0.1) is 0 Å². The Morgan fingerprint density at radius 3 is 2.56 bits per heavy atom. The van der Waals surface area contributed by atoms with E-state index in [2.05, 4.69) is 15.6 Å². The van der Waals surface area contributed by atoms with E-state index in [4.69, 9.17) is 9.15 Å². The van der Waals surface area contributed by atoms with Gasteiger partial charge in [0.25, 0.3) is 5.91 Å². The van der Waals surface area contributed by atoms with Crippen molar-refractivity contribution in [3.63, 3.8) is 0 Å². The molecule has 8 nitrogen and oxygen atoms in total. The van der Waals surface area contributed by atoms with Gasteiger partial charge in [0.2, 0.25) is 5.89 Å². The molecule has 0 aliphatic carbocycles. The average molecular weight is 374 g/mol. The molecule has 146 valence electrons. The number of benzene rings is 1. The minimum atomic E-state index is -0.281. The Kier molecular flexibility index (Phi) is 7.66. The molecule has 0 unspecified atom stereocenters. The standard InChI is InChI=1S/C19H26N4O4/c1-4-10-20-18(24)16-13-27-17(22-16)12-23(11-5-2)19(25)21-14-6-8-15(26-3)9-7-14/h6-9,13H,4-5,10-12H2,1-3H3,(H,20,24)(H,21,25). The van der Waals surface area contributed by atoms with Gasteiger partial charge < -0.3 is 24.7 Å². The number of amides is 3. The van der Waals surface area contributed by atoms with E-state index in [1.807, 2.05) is 13.8 Å². The van der Waals surface area contributed by atoms with Crippen molar-refractivity contribution in [2.45, 2.75) is 33.2 Å². The minimum Gasteiger partial charge on any atom is -0.497 e. The first-order valence-corrected chi connectivity index (χ1v) is 9.00. The van der Waals surface area contributed by atoms with E-state index >= 15 is 0 Å². The summed E-state index contributed by atoms with van der Waals surface area (Å²) < 4.78 is 10.5. The highest BCUT2D eigenvalue weighted by Crippen LogP contribution is 2.16. The molecule has 3 amide bonds. The maximum Gasteiger partial charge on any atom is 0.322 e. The number of methoxy groups -OCH3 is 1. The summed E-state index contributed by atoms with van der Waals surface area (Å²) in [7, 11) is 1.59. The molecule has 0 spiro atoms. The van der Waals surface area contributed by atoms with Crippen LogP contribution in [-0.4, -0.2) is 42.0 Å². The predicted octanol–water partition coefficient (Wildman–Crippen LogP) is 3.27. The first kappa shape index (κ1) is 20.3. The summed E-state index contributed by atoms with van der Waals surface area (Å²) in [5, 5.41) is 5.58. The molecule has 1 heterocycles. The summed E-state index contributed by atoms with van der Waals surface area (Å²) in [5.74, 6) is 0.749. The summed E-state index contributed by atoms with van der Waals surface area (Å²) in [6, 6.07) is 6.81. The first-order chi connectivity index (χ1) is 13.1. The Morgan fingerprint density at radius 1 is 1.19 bits per heavy atom. The normalized spacial score (nSPS) is 10.3. The Hall–Kier alpha value is -3.03. The number of ether oxygens (including phenoxy) is 1. The van der Waals surface area contributed by atoms with E-state index in [0.717, 1.165) is 12.8 Å². The molecule has 0 saturated carbocycles. The van der Waals surface area contributed by atoms with Crippen LogP contribution in [0, 0.1) is 0 Å². The summed E-state index contributed by atoms with van der Waals surface area (Å²) in [6.07, 6.45) is 2.93. The third-order valence-electron chi connectivity index (χ3n) is 3.77. The summed E-state index contributed by atoms with van der Waals surface area (Å²) >= 11 is 0. The second-order valence-electron chi connectivity index (χ2n) is 5.96. The molecule has 0 aliphatic rings. The maximum absolute atomic E-state index is 12.6. The molecule has 0 atom stereocenters. The highest BCUT2D eigenvalue weighted by Gasteiger charge is 2.18. The van der Waals surface area contributed by atoms with Crippen molar-refractivity contribution < 1.29 is 18.7 Å². The molecule has 2 N–H and O–H groups in total. The molecule has 2 aromatic rings. The molecule has 8 heteroatoms. The van der Waals surface area contributed by atoms with Crippen LogP contribution < -0.4 is 15.4 Å². The van der Waals surface area contributed by atoms with Crippen LogP contribution in [0.1, 0.15) is 43.1 Å². The number of carbonyl (C=O) groups is 2. The molecule has 1 aromatic carbocycles. The first-order valence-electron chi connectivity index (χ1n) is 9.00. The van der Waals surface area contributed by atoms with Crippen LogP contribution >= 0.6 is 0 Å². The van der Waals surface area contributed by atoms with Crippen LogP contribution in [0.3, 0.4) is 0 Å². The fourth-order valence-corrected chi connectivity index (χ4v) is 2.38. The summed E-state index contributed by atoms with van der Waals surface area (Å²) in [5.41, 5.74) is 0.874. The lowest BCUT2D eigenvalue weighted by atomic mass is 10.3. The Balaban J connectivity index is 2.00. The highest BCUT2D eigenvalue weighted by atomic mass is 16.5. The van der Waals surface area contributed by atoms with Crippen LogP contribution in [-0.2, 0) is 6.54 Å². The van der Waals surface area contributed by atoms with Crippen molar-refractivity contribution in [1.82, 2.24) is 15.2 Å². The number of rotatable bonds is 9. The zero-order chi connectivity index (χ0) is 19.6.